The largest absolute Gasteiger partial charge is 0.419 e. The third kappa shape index (κ3) is 4.00. The van der Waals surface area contributed by atoms with E-state index in [2.05, 4.69) is 4.98 Å². The van der Waals surface area contributed by atoms with Gasteiger partial charge in [-0.25, -0.2) is 4.98 Å². The number of nitrogens with zero attached hydrogens (tertiary/aromatic N) is 4. The average molecular weight is 457 g/mol. The van der Waals surface area contributed by atoms with Crippen molar-refractivity contribution in [2.75, 3.05) is 19.6 Å². The molecule has 2 aromatic rings. The average Bonchev–Trinajstić information content (AvgIpc) is 3.34. The van der Waals surface area contributed by atoms with Crippen molar-refractivity contribution in [1.82, 2.24) is 19.2 Å². The molecule has 168 valence electrons. The number of amides is 2. The first-order chi connectivity index (χ1) is 14.6. The number of halogens is 4. The van der Waals surface area contributed by atoms with Gasteiger partial charge in [-0.2, -0.15) is 13.2 Å². The summed E-state index contributed by atoms with van der Waals surface area (Å²) in [6, 6.07) is 1.26. The maximum atomic E-state index is 13.7. The second-order valence-electron chi connectivity index (χ2n) is 8.54. The molecular formula is C21H24ClF3N4O2. The van der Waals surface area contributed by atoms with E-state index in [1.54, 1.807) is 13.8 Å². The van der Waals surface area contributed by atoms with E-state index >= 15 is 0 Å². The Hall–Kier alpha value is -2.29. The summed E-state index contributed by atoms with van der Waals surface area (Å²) in [7, 11) is 0. The van der Waals surface area contributed by atoms with Crippen LogP contribution in [0, 0.1) is 0 Å². The highest BCUT2D eigenvalue weighted by molar-refractivity contribution is 6.33. The van der Waals surface area contributed by atoms with Crippen LogP contribution in [0.3, 0.4) is 0 Å². The minimum absolute atomic E-state index is 0.122. The minimum atomic E-state index is -4.65. The van der Waals surface area contributed by atoms with E-state index < -0.39 is 23.3 Å². The van der Waals surface area contributed by atoms with Gasteiger partial charge in [-0.1, -0.05) is 38.3 Å². The number of imidazole rings is 1. The molecule has 0 N–H and O–H groups in total. The van der Waals surface area contributed by atoms with Crippen LogP contribution in [-0.2, 0) is 11.0 Å². The van der Waals surface area contributed by atoms with Crippen LogP contribution in [0.2, 0.25) is 5.15 Å². The van der Waals surface area contributed by atoms with E-state index in [4.69, 9.17) is 11.6 Å². The van der Waals surface area contributed by atoms with Crippen LogP contribution in [-0.4, -0.2) is 56.7 Å². The molecule has 2 aromatic heterocycles. The summed E-state index contributed by atoms with van der Waals surface area (Å²) in [5.74, 6) is -0.957. The van der Waals surface area contributed by atoms with Gasteiger partial charge in [0.1, 0.15) is 11.7 Å². The molecule has 31 heavy (non-hydrogen) atoms. The Labute approximate surface area is 183 Å². The molecule has 1 saturated heterocycles. The highest BCUT2D eigenvalue weighted by Crippen LogP contribution is 2.36. The fraction of sp³-hybridized carbons (Fsp3) is 0.571. The third-order valence-corrected chi connectivity index (χ3v) is 6.53. The molecule has 0 spiro atoms. The number of aromatic nitrogens is 2. The summed E-state index contributed by atoms with van der Waals surface area (Å²) in [6.45, 7) is 4.13. The molecule has 0 aromatic carbocycles. The summed E-state index contributed by atoms with van der Waals surface area (Å²) in [6.07, 6.45) is 0.947. The molecule has 3 heterocycles. The molecule has 2 aliphatic rings. The topological polar surface area (TPSA) is 57.9 Å². The molecule has 2 fully saturated rings. The first kappa shape index (κ1) is 21.9. The zero-order chi connectivity index (χ0) is 22.5. The van der Waals surface area contributed by atoms with Gasteiger partial charge in [-0.3, -0.25) is 14.0 Å². The Morgan fingerprint density at radius 1 is 1.23 bits per heavy atom. The highest BCUT2D eigenvalue weighted by Gasteiger charge is 2.38. The fourth-order valence-corrected chi connectivity index (χ4v) is 4.66. The predicted molar refractivity (Wildman–Crippen MR) is 109 cm³/mol. The van der Waals surface area contributed by atoms with Crippen molar-refractivity contribution in [3.63, 3.8) is 0 Å². The van der Waals surface area contributed by atoms with Crippen LogP contribution in [0.1, 0.15) is 67.1 Å². The smallest absolute Gasteiger partial charge is 0.336 e. The van der Waals surface area contributed by atoms with E-state index in [0.29, 0.717) is 18.7 Å². The molecule has 1 aliphatic heterocycles. The lowest BCUT2D eigenvalue weighted by Crippen LogP contribution is -2.55. The Bertz CT molecular complexity index is 1030. The van der Waals surface area contributed by atoms with Gasteiger partial charge < -0.3 is 9.80 Å². The molecule has 1 saturated carbocycles. The number of carbonyl (C=O) groups excluding carboxylic acids is 2. The Kier molecular flexibility index (Phi) is 5.66. The molecule has 0 atom stereocenters. The van der Waals surface area contributed by atoms with Crippen LogP contribution in [0.15, 0.2) is 12.3 Å². The van der Waals surface area contributed by atoms with Gasteiger partial charge in [0.25, 0.3) is 5.91 Å². The van der Waals surface area contributed by atoms with Crippen LogP contribution in [0.5, 0.6) is 0 Å². The van der Waals surface area contributed by atoms with Crippen molar-refractivity contribution < 1.29 is 22.8 Å². The first-order valence-corrected chi connectivity index (χ1v) is 10.8. The molecule has 6 nitrogen and oxygen atoms in total. The van der Waals surface area contributed by atoms with E-state index in [9.17, 15) is 22.8 Å². The number of piperazine rings is 1. The Morgan fingerprint density at radius 3 is 2.48 bits per heavy atom. The van der Waals surface area contributed by atoms with Crippen molar-refractivity contribution in [3.8, 4) is 0 Å². The summed E-state index contributed by atoms with van der Waals surface area (Å²) in [5.41, 5.74) is -1.20. The molecule has 2 amide bonds. The summed E-state index contributed by atoms with van der Waals surface area (Å²) < 4.78 is 42.1. The van der Waals surface area contributed by atoms with Gasteiger partial charge in [-0.15, -0.1) is 0 Å². The molecule has 4 rings (SSSR count). The normalized spacial score (nSPS) is 18.6. The lowest BCUT2D eigenvalue weighted by molar-refractivity contribution is -0.137. The van der Waals surface area contributed by atoms with Crippen molar-refractivity contribution in [2.45, 2.75) is 57.7 Å². The van der Waals surface area contributed by atoms with Crippen LogP contribution in [0.4, 0.5) is 13.2 Å². The van der Waals surface area contributed by atoms with Crippen molar-refractivity contribution in [1.29, 1.82) is 0 Å². The van der Waals surface area contributed by atoms with E-state index in [-0.39, 0.29) is 35.3 Å². The maximum Gasteiger partial charge on any atom is 0.419 e. The van der Waals surface area contributed by atoms with Gasteiger partial charge in [0.15, 0.2) is 11.3 Å². The number of pyridine rings is 1. The zero-order valence-electron chi connectivity index (χ0n) is 17.4. The van der Waals surface area contributed by atoms with Gasteiger partial charge in [0.2, 0.25) is 5.91 Å². The number of carbonyl (C=O) groups is 2. The van der Waals surface area contributed by atoms with Crippen molar-refractivity contribution in [2.24, 2.45) is 0 Å². The Morgan fingerprint density at radius 2 is 1.90 bits per heavy atom. The summed E-state index contributed by atoms with van der Waals surface area (Å²) >= 11 is 6.33. The monoisotopic (exact) mass is 456 g/mol. The number of fused-ring (bicyclic) bond motifs is 1. The van der Waals surface area contributed by atoms with Gasteiger partial charge in [-0.05, 0) is 30.4 Å². The summed E-state index contributed by atoms with van der Waals surface area (Å²) in [4.78, 5) is 32.8. The SMILES string of the molecule is CC(C)c1cc(C(F)(F)F)c2nc(C(=O)N3CCN(C4CCCC4)C(=O)C3)c(Cl)n2c1. The van der Waals surface area contributed by atoms with Gasteiger partial charge in [0, 0.05) is 25.3 Å². The van der Waals surface area contributed by atoms with Crippen molar-refractivity contribution >= 4 is 29.1 Å². The van der Waals surface area contributed by atoms with Crippen LogP contribution >= 0.6 is 11.6 Å². The fourth-order valence-electron chi connectivity index (χ4n) is 4.41. The Balaban J connectivity index is 1.66. The molecule has 0 radical (unpaired) electrons. The van der Waals surface area contributed by atoms with Gasteiger partial charge >= 0.3 is 6.18 Å². The van der Waals surface area contributed by atoms with E-state index in [0.717, 1.165) is 36.2 Å². The lowest BCUT2D eigenvalue weighted by Gasteiger charge is -2.37. The zero-order valence-corrected chi connectivity index (χ0v) is 18.1. The summed E-state index contributed by atoms with van der Waals surface area (Å²) in [5, 5.41) is -0.182. The van der Waals surface area contributed by atoms with Crippen LogP contribution in [0.25, 0.3) is 5.65 Å². The number of hydrogen-bond acceptors (Lipinski definition) is 3. The van der Waals surface area contributed by atoms with Crippen LogP contribution < -0.4 is 0 Å². The maximum absolute atomic E-state index is 13.7. The molecule has 0 bridgehead atoms. The quantitative estimate of drug-likeness (QED) is 0.689. The third-order valence-electron chi connectivity index (χ3n) is 6.17. The van der Waals surface area contributed by atoms with E-state index in [1.807, 2.05) is 4.90 Å². The number of alkyl halides is 3. The van der Waals surface area contributed by atoms with Gasteiger partial charge in [0.05, 0.1) is 5.56 Å². The highest BCUT2D eigenvalue weighted by atomic mass is 35.5. The first-order valence-electron chi connectivity index (χ1n) is 10.5. The molecular weight excluding hydrogens is 433 g/mol. The minimum Gasteiger partial charge on any atom is -0.336 e. The van der Waals surface area contributed by atoms with E-state index in [1.165, 1.54) is 11.1 Å². The predicted octanol–water partition coefficient (Wildman–Crippen LogP) is 4.36. The van der Waals surface area contributed by atoms with Crippen molar-refractivity contribution in [3.05, 3.63) is 34.2 Å². The molecule has 0 unspecified atom stereocenters. The number of hydrogen-bond donors (Lipinski definition) is 0. The lowest BCUT2D eigenvalue weighted by atomic mass is 10.0. The standard InChI is InChI=1S/C21H24ClF3N4O2/c1-12(2)13-9-15(21(23,24)25)19-26-17(18(22)29(19)10-13)20(31)27-7-8-28(16(30)11-27)14-5-3-4-6-14/h9-10,12,14H,3-8,11H2,1-2H3. The molecule has 10 heteroatoms. The second-order valence-corrected chi connectivity index (χ2v) is 8.89. The molecule has 1 aliphatic carbocycles. The number of rotatable bonds is 3. The second kappa shape index (κ2) is 8.00.